The molecule has 0 radical (unpaired) electrons. The van der Waals surface area contributed by atoms with E-state index >= 15 is 0 Å². The van der Waals surface area contributed by atoms with E-state index in [9.17, 15) is 13.8 Å². The number of halogens is 2. The van der Waals surface area contributed by atoms with Crippen molar-refractivity contribution in [3.63, 3.8) is 0 Å². The van der Waals surface area contributed by atoms with Crippen LogP contribution < -0.4 is 10.5 Å². The Morgan fingerprint density at radius 3 is 1.71 bits per heavy atom. The van der Waals surface area contributed by atoms with E-state index in [4.69, 9.17) is 15.2 Å². The molecule has 10 heteroatoms. The lowest BCUT2D eigenvalue weighted by Gasteiger charge is -2.35. The van der Waals surface area contributed by atoms with Gasteiger partial charge in [-0.3, -0.25) is 0 Å². The molecule has 2 aromatic carbocycles. The predicted molar refractivity (Wildman–Crippen MR) is 191 cm³/mol. The van der Waals surface area contributed by atoms with Gasteiger partial charge in [0.05, 0.1) is 27.9 Å². The first kappa shape index (κ1) is 39.3. The Bertz CT molecular complexity index is 1350. The van der Waals surface area contributed by atoms with Crippen LogP contribution in [0.3, 0.4) is 0 Å². The summed E-state index contributed by atoms with van der Waals surface area (Å²) in [6.07, 6.45) is 2.73. The third-order valence-electron chi connectivity index (χ3n) is 7.29. The topological polar surface area (TPSA) is 108 Å². The normalized spacial score (nSPS) is 17.3. The molecule has 1 aliphatic rings. The summed E-state index contributed by atoms with van der Waals surface area (Å²) in [5, 5.41) is 0. The summed E-state index contributed by atoms with van der Waals surface area (Å²) in [7, 11) is -1.47. The van der Waals surface area contributed by atoms with Crippen molar-refractivity contribution in [2.24, 2.45) is 11.1 Å². The lowest BCUT2D eigenvalue weighted by molar-refractivity contribution is -0.156. The van der Waals surface area contributed by atoms with Gasteiger partial charge < -0.3 is 15.2 Å². The molecule has 0 unspecified atom stereocenters. The molecule has 0 amide bonds. The first-order valence-corrected chi connectivity index (χ1v) is 17.9. The van der Waals surface area contributed by atoms with Crippen molar-refractivity contribution in [3.05, 3.63) is 80.8 Å². The van der Waals surface area contributed by atoms with Crippen LogP contribution in [-0.4, -0.2) is 33.1 Å². The number of hydrogen-bond donors (Lipinski definition) is 2. The number of nitrogens with two attached hydrogens (primary N) is 1. The van der Waals surface area contributed by atoms with Gasteiger partial charge in [0.25, 0.3) is 0 Å². The zero-order valence-electron chi connectivity index (χ0n) is 28.1. The third-order valence-corrected chi connectivity index (χ3v) is 10.00. The Hall–Kier alpha value is -1.85. The molecule has 45 heavy (non-hydrogen) atoms. The van der Waals surface area contributed by atoms with Crippen molar-refractivity contribution < 1.29 is 23.3 Å². The number of hydrogen-bond acceptors (Lipinski definition) is 6. The van der Waals surface area contributed by atoms with E-state index in [0.717, 1.165) is 32.9 Å². The van der Waals surface area contributed by atoms with Gasteiger partial charge in [-0.15, -0.1) is 6.58 Å². The van der Waals surface area contributed by atoms with Crippen LogP contribution >= 0.6 is 31.9 Å². The van der Waals surface area contributed by atoms with Gasteiger partial charge in [0.1, 0.15) is 5.54 Å². The largest absolute Gasteiger partial charge is 0.461 e. The van der Waals surface area contributed by atoms with Crippen LogP contribution in [0, 0.1) is 5.41 Å². The second-order valence-electron chi connectivity index (χ2n) is 13.9. The lowest BCUT2D eigenvalue weighted by Crippen LogP contribution is -2.54. The SMILES string of the molecule is C=C(C)C[C@](N[S@@](=O)C(C)(C)C)(C(=O)OC(C)C)c1ccc(Br)cc1.CC(C)OC(=O)[C@@](N)(CC1(C)CC1)c1ccc(Br)cc1. The molecule has 3 N–H and O–H groups in total. The lowest BCUT2D eigenvalue weighted by atomic mass is 9.81. The van der Waals surface area contributed by atoms with Crippen molar-refractivity contribution in [1.82, 2.24) is 4.72 Å². The summed E-state index contributed by atoms with van der Waals surface area (Å²) in [5.74, 6) is -0.784. The fourth-order valence-corrected chi connectivity index (χ4v) is 6.09. The number of esters is 2. The summed E-state index contributed by atoms with van der Waals surface area (Å²) >= 11 is 6.82. The van der Waals surface area contributed by atoms with Gasteiger partial charge >= 0.3 is 11.9 Å². The molecule has 0 heterocycles. The Morgan fingerprint density at radius 1 is 0.911 bits per heavy atom. The van der Waals surface area contributed by atoms with Gasteiger partial charge in [-0.25, -0.2) is 18.5 Å². The van der Waals surface area contributed by atoms with Crippen LogP contribution in [0.15, 0.2) is 69.6 Å². The van der Waals surface area contributed by atoms with Crippen LogP contribution in [0.5, 0.6) is 0 Å². The van der Waals surface area contributed by atoms with Crippen molar-refractivity contribution in [2.45, 2.75) is 116 Å². The minimum absolute atomic E-state index is 0.159. The fraction of sp³-hybridized carbons (Fsp3) is 0.543. The predicted octanol–water partition coefficient (Wildman–Crippen LogP) is 8.36. The van der Waals surface area contributed by atoms with Gasteiger partial charge in [0.2, 0.25) is 0 Å². The fourth-order valence-electron chi connectivity index (χ4n) is 4.66. The molecule has 1 aliphatic carbocycles. The zero-order valence-corrected chi connectivity index (χ0v) is 32.1. The second-order valence-corrected chi connectivity index (χ2v) is 17.7. The first-order chi connectivity index (χ1) is 20.6. The highest BCUT2D eigenvalue weighted by Crippen LogP contribution is 2.52. The average Bonchev–Trinajstić information content (AvgIpc) is 3.63. The molecule has 2 aromatic rings. The molecule has 250 valence electrons. The maximum atomic E-state index is 13.1. The summed E-state index contributed by atoms with van der Waals surface area (Å²) in [5.41, 5.74) is 6.66. The van der Waals surface area contributed by atoms with E-state index in [1.807, 2.05) is 90.1 Å². The maximum Gasteiger partial charge on any atom is 0.332 e. The molecule has 1 fully saturated rings. The van der Waals surface area contributed by atoms with Gasteiger partial charge in [0, 0.05) is 15.4 Å². The standard InChI is InChI=1S/C19H28BrNO3S.C16H22BrNO2/c1-13(2)12-19(17(22)24-14(3)4,21-25(23)18(5,6)7)15-8-10-16(20)11-9-15;1-11(2)20-14(19)16(18,10-15(3)8-9-15)12-4-6-13(17)7-5-12/h8-11,14,21H,1,12H2,2-7H3;4-7,11H,8-10,18H2,1-3H3/t19-,25+;16-/m11/s1. The Balaban J connectivity index is 0.000000320. The van der Waals surface area contributed by atoms with Crippen LogP contribution in [0.2, 0.25) is 0 Å². The monoisotopic (exact) mass is 768 g/mol. The molecular formula is C35H50Br2N2O5S. The number of ether oxygens (including phenoxy) is 2. The summed E-state index contributed by atoms with van der Waals surface area (Å²) < 4.78 is 28.2. The van der Waals surface area contributed by atoms with Crippen LogP contribution in [0.1, 0.15) is 99.1 Å². The summed E-state index contributed by atoms with van der Waals surface area (Å²) in [6.45, 7) is 20.8. The average molecular weight is 771 g/mol. The molecular weight excluding hydrogens is 720 g/mol. The second kappa shape index (κ2) is 15.8. The van der Waals surface area contributed by atoms with Gasteiger partial charge in [0.15, 0.2) is 5.54 Å². The maximum absolute atomic E-state index is 13.1. The van der Waals surface area contributed by atoms with Gasteiger partial charge in [-0.1, -0.05) is 68.6 Å². The van der Waals surface area contributed by atoms with Crippen molar-refractivity contribution in [1.29, 1.82) is 0 Å². The number of carbonyl (C=O) groups is 2. The number of benzene rings is 2. The number of carbonyl (C=O) groups excluding carboxylic acids is 2. The molecule has 3 rings (SSSR count). The van der Waals surface area contributed by atoms with E-state index in [1.165, 1.54) is 0 Å². The van der Waals surface area contributed by atoms with Crippen molar-refractivity contribution >= 4 is 54.8 Å². The highest BCUT2D eigenvalue weighted by molar-refractivity contribution is 9.10. The van der Waals surface area contributed by atoms with Crippen LogP contribution in [0.25, 0.3) is 0 Å². The zero-order chi connectivity index (χ0) is 34.4. The number of nitrogens with one attached hydrogen (secondary N) is 1. The van der Waals surface area contributed by atoms with Crippen LogP contribution in [-0.2, 0) is 41.1 Å². The summed E-state index contributed by atoms with van der Waals surface area (Å²) in [6, 6.07) is 15.0. The number of rotatable bonds is 12. The van der Waals surface area contributed by atoms with Crippen LogP contribution in [0.4, 0.5) is 0 Å². The highest BCUT2D eigenvalue weighted by atomic mass is 79.9. The van der Waals surface area contributed by atoms with E-state index < -0.39 is 32.8 Å². The molecule has 0 aliphatic heterocycles. The first-order valence-electron chi connectivity index (χ1n) is 15.2. The van der Waals surface area contributed by atoms with Crippen molar-refractivity contribution in [2.75, 3.05) is 0 Å². The minimum atomic E-state index is -1.47. The molecule has 0 saturated heterocycles. The quantitative estimate of drug-likeness (QED) is 0.166. The van der Waals surface area contributed by atoms with E-state index in [2.05, 4.69) is 50.1 Å². The van der Waals surface area contributed by atoms with Gasteiger partial charge in [-0.05, 0) is 115 Å². The molecule has 7 nitrogen and oxygen atoms in total. The Labute approximate surface area is 289 Å². The molecule has 0 spiro atoms. The van der Waals surface area contributed by atoms with Crippen molar-refractivity contribution in [3.8, 4) is 0 Å². The van der Waals surface area contributed by atoms with Gasteiger partial charge in [-0.2, -0.15) is 0 Å². The molecule has 3 atom stereocenters. The molecule has 0 bridgehead atoms. The smallest absolute Gasteiger partial charge is 0.332 e. The third kappa shape index (κ3) is 11.4. The summed E-state index contributed by atoms with van der Waals surface area (Å²) in [4.78, 5) is 25.6. The van der Waals surface area contributed by atoms with E-state index in [1.54, 1.807) is 13.8 Å². The van der Waals surface area contributed by atoms with E-state index in [0.29, 0.717) is 18.4 Å². The van der Waals surface area contributed by atoms with E-state index in [-0.39, 0.29) is 23.6 Å². The molecule has 1 saturated carbocycles. The molecule has 0 aromatic heterocycles. The minimum Gasteiger partial charge on any atom is -0.461 e. The Kier molecular flexibility index (Phi) is 13.8. The Morgan fingerprint density at radius 2 is 1.33 bits per heavy atom. The highest BCUT2D eigenvalue weighted by Gasteiger charge is 2.49.